The predicted octanol–water partition coefficient (Wildman–Crippen LogP) is 3.93. The lowest BCUT2D eigenvalue weighted by atomic mass is 10.1. The van der Waals surface area contributed by atoms with Gasteiger partial charge >= 0.3 is 0 Å². The Balaban J connectivity index is 1.76. The van der Waals surface area contributed by atoms with E-state index < -0.39 is 15.1 Å². The minimum absolute atomic E-state index is 0.103. The minimum atomic E-state index is -3.73. The molecule has 29 heavy (non-hydrogen) atoms. The second kappa shape index (κ2) is 8.59. The maximum absolute atomic E-state index is 13.0. The van der Waals surface area contributed by atoms with Gasteiger partial charge in [-0.2, -0.15) is 0 Å². The highest BCUT2D eigenvalue weighted by Crippen LogP contribution is 2.33. The second-order valence-electron chi connectivity index (χ2n) is 7.16. The number of carbonyl (C=O) groups excluding carboxylic acids is 2. The number of nitrogens with one attached hydrogen (secondary N) is 2. The summed E-state index contributed by atoms with van der Waals surface area (Å²) in [6.45, 7) is 5.39. The Morgan fingerprint density at radius 1 is 1.24 bits per heavy atom. The van der Waals surface area contributed by atoms with Gasteiger partial charge in [0.25, 0.3) is 0 Å². The third-order valence-corrected chi connectivity index (χ3v) is 8.23. The summed E-state index contributed by atoms with van der Waals surface area (Å²) in [5.41, 5.74) is 3.19. The first-order valence-corrected chi connectivity index (χ1v) is 11.9. The van der Waals surface area contributed by atoms with E-state index in [1.807, 2.05) is 26.0 Å². The molecule has 1 aliphatic heterocycles. The molecule has 0 saturated heterocycles. The molecule has 0 fully saturated rings. The summed E-state index contributed by atoms with van der Waals surface area (Å²) >= 11 is 1.51. The van der Waals surface area contributed by atoms with Gasteiger partial charge in [0.05, 0.1) is 15.8 Å². The van der Waals surface area contributed by atoms with E-state index >= 15 is 0 Å². The molecule has 1 atom stereocenters. The van der Waals surface area contributed by atoms with Crippen molar-refractivity contribution in [1.82, 2.24) is 0 Å². The molecule has 0 aliphatic carbocycles. The lowest BCUT2D eigenvalue weighted by Gasteiger charge is -2.16. The maximum Gasteiger partial charge on any atom is 0.225 e. The molecule has 8 heteroatoms. The molecule has 6 nitrogen and oxygen atoms in total. The van der Waals surface area contributed by atoms with Crippen molar-refractivity contribution in [3.8, 4) is 0 Å². The fourth-order valence-corrected chi connectivity index (χ4v) is 5.38. The Morgan fingerprint density at radius 3 is 2.76 bits per heavy atom. The molecule has 0 aromatic heterocycles. The smallest absolute Gasteiger partial charge is 0.225 e. The molecule has 3 rings (SSSR count). The molecule has 2 aromatic carbocycles. The Morgan fingerprint density at radius 2 is 2.00 bits per heavy atom. The molecule has 2 aromatic rings. The minimum Gasteiger partial charge on any atom is -0.326 e. The zero-order valence-corrected chi connectivity index (χ0v) is 18.2. The molecular weight excluding hydrogens is 408 g/mol. The number of sulfone groups is 1. The lowest BCUT2D eigenvalue weighted by molar-refractivity contribution is -0.116. The van der Waals surface area contributed by atoms with Crippen LogP contribution in [-0.4, -0.2) is 31.2 Å². The van der Waals surface area contributed by atoms with Crippen molar-refractivity contribution in [3.05, 3.63) is 47.5 Å². The average Bonchev–Trinajstić information content (AvgIpc) is 2.85. The molecule has 0 saturated carbocycles. The van der Waals surface area contributed by atoms with Crippen molar-refractivity contribution in [2.24, 2.45) is 0 Å². The third kappa shape index (κ3) is 4.82. The van der Waals surface area contributed by atoms with Crippen LogP contribution in [0.5, 0.6) is 0 Å². The number of anilines is 2. The van der Waals surface area contributed by atoms with Crippen LogP contribution in [-0.2, 0) is 19.4 Å². The molecule has 2 N–H and O–H groups in total. The van der Waals surface area contributed by atoms with E-state index in [2.05, 4.69) is 10.6 Å². The zero-order valence-electron chi connectivity index (χ0n) is 16.6. The van der Waals surface area contributed by atoms with E-state index in [0.717, 1.165) is 16.0 Å². The largest absolute Gasteiger partial charge is 0.326 e. The van der Waals surface area contributed by atoms with Gasteiger partial charge in [-0.1, -0.05) is 12.1 Å². The number of thioether (sulfide) groups is 1. The highest BCUT2D eigenvalue weighted by atomic mass is 32.2. The lowest BCUT2D eigenvalue weighted by Crippen LogP contribution is -2.25. The highest BCUT2D eigenvalue weighted by molar-refractivity contribution is 7.99. The van der Waals surface area contributed by atoms with E-state index in [1.54, 1.807) is 12.1 Å². The maximum atomic E-state index is 13.0. The van der Waals surface area contributed by atoms with Crippen LogP contribution in [0.2, 0.25) is 0 Å². The number of fused-ring (bicyclic) bond motifs is 1. The number of carbonyl (C=O) groups is 2. The molecule has 154 valence electrons. The van der Waals surface area contributed by atoms with Crippen LogP contribution in [0.4, 0.5) is 11.4 Å². The van der Waals surface area contributed by atoms with Gasteiger partial charge in [-0.15, -0.1) is 11.8 Å². The molecule has 0 spiro atoms. The van der Waals surface area contributed by atoms with Crippen molar-refractivity contribution in [2.75, 3.05) is 16.4 Å². The number of hydrogen-bond donors (Lipinski definition) is 2. The Bertz CT molecular complexity index is 1060. The fraction of sp³-hybridized carbons (Fsp3) is 0.333. The van der Waals surface area contributed by atoms with Crippen LogP contribution in [0.3, 0.4) is 0 Å². The molecule has 1 aliphatic rings. The quantitative estimate of drug-likeness (QED) is 0.747. The van der Waals surface area contributed by atoms with Gasteiger partial charge in [0, 0.05) is 29.2 Å². The average molecular weight is 433 g/mol. The number of amides is 2. The molecule has 2 amide bonds. The predicted molar refractivity (Wildman–Crippen MR) is 116 cm³/mol. The van der Waals surface area contributed by atoms with Crippen LogP contribution in [0.1, 0.15) is 30.9 Å². The van der Waals surface area contributed by atoms with Crippen molar-refractivity contribution >= 4 is 44.8 Å². The number of aryl methyl sites for hydroxylation is 1. The molecule has 0 unspecified atom stereocenters. The van der Waals surface area contributed by atoms with Crippen LogP contribution in [0.15, 0.2) is 46.2 Å². The number of rotatable bonds is 5. The van der Waals surface area contributed by atoms with E-state index in [-0.39, 0.29) is 23.1 Å². The van der Waals surface area contributed by atoms with Gasteiger partial charge in [-0.25, -0.2) is 8.42 Å². The van der Waals surface area contributed by atoms with Gasteiger partial charge < -0.3 is 10.6 Å². The third-order valence-electron chi connectivity index (χ3n) is 5.02. The SMILES string of the molecule is Cc1cccc(NC(=O)C[C@@H](C)S(=O)(=O)c2ccc3c(c2)NC(=O)CCS3)c1C. The normalized spacial score (nSPS) is 15.1. The fourth-order valence-electron chi connectivity index (χ4n) is 3.07. The van der Waals surface area contributed by atoms with Gasteiger partial charge in [0.15, 0.2) is 9.84 Å². The van der Waals surface area contributed by atoms with Gasteiger partial charge in [-0.3, -0.25) is 9.59 Å². The van der Waals surface area contributed by atoms with Gasteiger partial charge in [-0.05, 0) is 56.2 Å². The first kappa shape index (κ1) is 21.4. The Hall–Kier alpha value is -2.32. The van der Waals surface area contributed by atoms with Crippen LogP contribution in [0, 0.1) is 13.8 Å². The first-order valence-electron chi connectivity index (χ1n) is 9.35. The zero-order chi connectivity index (χ0) is 21.2. The summed E-state index contributed by atoms with van der Waals surface area (Å²) in [7, 11) is -3.73. The van der Waals surface area contributed by atoms with E-state index in [9.17, 15) is 18.0 Å². The molecule has 0 radical (unpaired) electrons. The summed E-state index contributed by atoms with van der Waals surface area (Å²) in [6, 6.07) is 10.3. The van der Waals surface area contributed by atoms with Gasteiger partial charge in [0.2, 0.25) is 11.8 Å². The standard InChI is InChI=1S/C21H24N2O4S2/c1-13-5-4-6-17(15(13)3)22-21(25)11-14(2)29(26,27)16-7-8-19-18(12-16)23-20(24)9-10-28-19/h4-8,12,14H,9-11H2,1-3H3,(H,22,25)(H,23,24)/t14-/m1/s1. The highest BCUT2D eigenvalue weighted by Gasteiger charge is 2.27. The van der Waals surface area contributed by atoms with Gasteiger partial charge in [0.1, 0.15) is 0 Å². The monoisotopic (exact) mass is 432 g/mol. The van der Waals surface area contributed by atoms with Crippen LogP contribution >= 0.6 is 11.8 Å². The topological polar surface area (TPSA) is 92.3 Å². The Kier molecular flexibility index (Phi) is 6.33. The summed E-state index contributed by atoms with van der Waals surface area (Å²) in [5.74, 6) is 0.167. The molecule has 0 bridgehead atoms. The second-order valence-corrected chi connectivity index (χ2v) is 10.7. The molecule has 1 heterocycles. The summed E-state index contributed by atoms with van der Waals surface area (Å²) < 4.78 is 26.0. The summed E-state index contributed by atoms with van der Waals surface area (Å²) in [4.78, 5) is 25.2. The van der Waals surface area contributed by atoms with E-state index in [4.69, 9.17) is 0 Å². The van der Waals surface area contributed by atoms with Crippen molar-refractivity contribution in [1.29, 1.82) is 0 Å². The molecular formula is C21H24N2O4S2. The summed E-state index contributed by atoms with van der Waals surface area (Å²) in [6.07, 6.45) is 0.226. The van der Waals surface area contributed by atoms with Crippen LogP contribution < -0.4 is 10.6 Å². The number of hydrogen-bond acceptors (Lipinski definition) is 5. The van der Waals surface area contributed by atoms with Crippen molar-refractivity contribution in [2.45, 2.75) is 48.7 Å². The van der Waals surface area contributed by atoms with Crippen molar-refractivity contribution in [3.63, 3.8) is 0 Å². The Labute approximate surface area is 175 Å². The first-order chi connectivity index (χ1) is 13.7. The summed E-state index contributed by atoms with van der Waals surface area (Å²) in [5, 5.41) is 4.66. The number of benzene rings is 2. The van der Waals surface area contributed by atoms with E-state index in [0.29, 0.717) is 23.5 Å². The van der Waals surface area contributed by atoms with E-state index in [1.165, 1.54) is 30.8 Å². The van der Waals surface area contributed by atoms with Crippen molar-refractivity contribution < 1.29 is 18.0 Å². The van der Waals surface area contributed by atoms with Crippen LogP contribution in [0.25, 0.3) is 0 Å².